The van der Waals surface area contributed by atoms with Gasteiger partial charge in [-0.15, -0.1) is 11.8 Å². The van der Waals surface area contributed by atoms with Crippen LogP contribution in [0.5, 0.6) is 0 Å². The van der Waals surface area contributed by atoms with Crippen LogP contribution in [0.4, 0.5) is 4.79 Å². The van der Waals surface area contributed by atoms with Crippen LogP contribution in [0.1, 0.15) is 38.8 Å². The molecule has 10 nitrogen and oxygen atoms in total. The molecule has 0 unspecified atom stereocenters. The maximum absolute atomic E-state index is 13.6. The van der Waals surface area contributed by atoms with Crippen LogP contribution in [-0.4, -0.2) is 70.4 Å². The molecule has 2 aromatic rings. The third-order valence-corrected chi connectivity index (χ3v) is 7.36. The molecule has 0 radical (unpaired) electrons. The second kappa shape index (κ2) is 15.2. The van der Waals surface area contributed by atoms with Crippen LogP contribution in [-0.2, 0) is 41.7 Å². The number of hydrogen-bond acceptors (Lipinski definition) is 8. The predicted molar refractivity (Wildman–Crippen MR) is 155 cm³/mol. The smallest absolute Gasteiger partial charge is 0.408 e. The Morgan fingerprint density at radius 2 is 1.51 bits per heavy atom. The van der Waals surface area contributed by atoms with E-state index in [1.807, 2.05) is 36.4 Å². The minimum absolute atomic E-state index is 0.0480. The van der Waals surface area contributed by atoms with E-state index in [-0.39, 0.29) is 24.8 Å². The molecule has 11 heteroatoms. The molecule has 0 aromatic heterocycles. The van der Waals surface area contributed by atoms with Gasteiger partial charge in [0.1, 0.15) is 24.7 Å². The molecule has 3 amide bonds. The number of rotatable bonds is 12. The largest absolute Gasteiger partial charge is 0.457 e. The molecule has 1 heterocycles. The van der Waals surface area contributed by atoms with Gasteiger partial charge in [0, 0.05) is 12.2 Å². The van der Waals surface area contributed by atoms with Crippen LogP contribution < -0.4 is 10.6 Å². The van der Waals surface area contributed by atoms with Gasteiger partial charge in [0.2, 0.25) is 11.8 Å². The lowest BCUT2D eigenvalue weighted by Gasteiger charge is -2.30. The number of carbonyl (C=O) groups is 5. The van der Waals surface area contributed by atoms with Crippen molar-refractivity contribution in [2.45, 2.75) is 65.0 Å². The molecule has 0 bridgehead atoms. The van der Waals surface area contributed by atoms with Gasteiger partial charge in [-0.25, -0.2) is 9.59 Å². The number of nitrogens with one attached hydrogen (secondary N) is 2. The second-order valence-electron chi connectivity index (χ2n) is 10.3. The number of carbonyl (C=O) groups excluding carboxylic acids is 5. The summed E-state index contributed by atoms with van der Waals surface area (Å²) in [5, 5.41) is 5.32. The van der Waals surface area contributed by atoms with Crippen molar-refractivity contribution in [2.75, 3.05) is 11.6 Å². The molecule has 2 aromatic carbocycles. The van der Waals surface area contributed by atoms with Gasteiger partial charge in [-0.1, -0.05) is 74.5 Å². The molecule has 1 aliphatic heterocycles. The highest BCUT2D eigenvalue weighted by molar-refractivity contribution is 7.99. The molecule has 1 fully saturated rings. The van der Waals surface area contributed by atoms with Crippen molar-refractivity contribution in [3.8, 4) is 0 Å². The van der Waals surface area contributed by atoms with Gasteiger partial charge >= 0.3 is 12.1 Å². The van der Waals surface area contributed by atoms with Gasteiger partial charge in [0.15, 0.2) is 0 Å². The molecule has 3 atom stereocenters. The highest BCUT2D eigenvalue weighted by Crippen LogP contribution is 2.24. The summed E-state index contributed by atoms with van der Waals surface area (Å²) in [5.74, 6) is -2.68. The molecule has 1 saturated heterocycles. The SMILES string of the molecule is CC(C)OC(=O)C(=O)[C@H](Cc1ccccc1)NC(=O)[C@@H]1CSCN1C(=O)[C@@H](NC(=O)OCc1ccccc1)C(C)C. The zero-order chi connectivity index (χ0) is 29.9. The van der Waals surface area contributed by atoms with Crippen LogP contribution in [0.25, 0.3) is 0 Å². The molecule has 3 rings (SSSR count). The molecule has 0 saturated carbocycles. The Morgan fingerprint density at radius 3 is 2.10 bits per heavy atom. The second-order valence-corrected chi connectivity index (χ2v) is 11.3. The summed E-state index contributed by atoms with van der Waals surface area (Å²) < 4.78 is 10.4. The quantitative estimate of drug-likeness (QED) is 0.288. The number of amides is 3. The fraction of sp³-hybridized carbons (Fsp3) is 0.433. The Kier molecular flexibility index (Phi) is 11.8. The standard InChI is InChI=1S/C30H37N3O7S/c1-19(2)25(32-30(38)39-16-22-13-9-6-10-14-22)28(36)33-18-41-17-24(33)27(35)31-23(15-21-11-7-5-8-12-21)26(34)29(37)40-20(3)4/h5-14,19-20,23-25H,15-18H2,1-4H3,(H,31,35)(H,32,38)/t23-,24-,25-/m0/s1. The van der Waals surface area contributed by atoms with Gasteiger partial charge in [-0.2, -0.15) is 0 Å². The van der Waals surface area contributed by atoms with Gasteiger partial charge in [-0.3, -0.25) is 14.4 Å². The maximum Gasteiger partial charge on any atom is 0.408 e. The highest BCUT2D eigenvalue weighted by Gasteiger charge is 2.41. The number of Topliss-reactive ketones (excluding diaryl/α,β-unsaturated/α-hetero) is 1. The Bertz CT molecular complexity index is 1210. The van der Waals surface area contributed by atoms with Gasteiger partial charge < -0.3 is 25.0 Å². The zero-order valence-electron chi connectivity index (χ0n) is 23.7. The molecular formula is C30H37N3O7S. The predicted octanol–water partition coefficient (Wildman–Crippen LogP) is 3.09. The van der Waals surface area contributed by atoms with E-state index in [1.165, 1.54) is 16.7 Å². The lowest BCUT2D eigenvalue weighted by atomic mass is 10.0. The summed E-state index contributed by atoms with van der Waals surface area (Å²) in [5.41, 5.74) is 1.55. The summed E-state index contributed by atoms with van der Waals surface area (Å²) >= 11 is 1.38. The van der Waals surface area contributed by atoms with Crippen molar-refractivity contribution in [1.29, 1.82) is 0 Å². The molecule has 41 heavy (non-hydrogen) atoms. The minimum atomic E-state index is -1.18. The molecule has 1 aliphatic rings. The molecule has 220 valence electrons. The van der Waals surface area contributed by atoms with E-state index in [0.717, 1.165) is 11.1 Å². The Hall–Kier alpha value is -3.86. The average molecular weight is 584 g/mol. The van der Waals surface area contributed by atoms with Gasteiger partial charge in [0.25, 0.3) is 5.78 Å². The van der Waals surface area contributed by atoms with Crippen molar-refractivity contribution in [1.82, 2.24) is 15.5 Å². The third-order valence-electron chi connectivity index (χ3n) is 6.35. The number of thioether (sulfide) groups is 1. The normalized spacial score (nSPS) is 16.1. The molecule has 0 spiro atoms. The Morgan fingerprint density at radius 1 is 0.902 bits per heavy atom. The summed E-state index contributed by atoms with van der Waals surface area (Å²) in [7, 11) is 0. The minimum Gasteiger partial charge on any atom is -0.457 e. The molecular weight excluding hydrogens is 546 g/mol. The first-order valence-corrected chi connectivity index (χ1v) is 14.7. The van der Waals surface area contributed by atoms with Crippen LogP contribution in [0.2, 0.25) is 0 Å². The summed E-state index contributed by atoms with van der Waals surface area (Å²) in [6.07, 6.45) is -1.17. The topological polar surface area (TPSA) is 131 Å². The number of ether oxygens (including phenoxy) is 2. The number of hydrogen-bond donors (Lipinski definition) is 2. The lowest BCUT2D eigenvalue weighted by molar-refractivity contribution is -0.158. The van der Waals surface area contributed by atoms with Crippen LogP contribution >= 0.6 is 11.8 Å². The first kappa shape index (κ1) is 31.7. The molecule has 2 N–H and O–H groups in total. The Balaban J connectivity index is 1.70. The van der Waals surface area contributed by atoms with Gasteiger partial charge in [0.05, 0.1) is 12.0 Å². The summed E-state index contributed by atoms with van der Waals surface area (Å²) in [6.45, 7) is 6.88. The number of ketones is 1. The first-order chi connectivity index (χ1) is 19.6. The fourth-order valence-corrected chi connectivity index (χ4v) is 5.37. The van der Waals surface area contributed by atoms with Crippen LogP contribution in [0.3, 0.4) is 0 Å². The van der Waals surface area contributed by atoms with Crippen molar-refractivity contribution in [3.63, 3.8) is 0 Å². The fourth-order valence-electron chi connectivity index (χ4n) is 4.20. The zero-order valence-corrected chi connectivity index (χ0v) is 24.5. The van der Waals surface area contributed by atoms with E-state index in [1.54, 1.807) is 52.0 Å². The van der Waals surface area contributed by atoms with Crippen molar-refractivity contribution in [3.05, 3.63) is 71.8 Å². The van der Waals surface area contributed by atoms with Crippen molar-refractivity contribution < 1.29 is 33.4 Å². The maximum atomic E-state index is 13.6. The van der Waals surface area contributed by atoms with Crippen molar-refractivity contribution >= 4 is 41.4 Å². The summed E-state index contributed by atoms with van der Waals surface area (Å²) in [6, 6.07) is 15.1. The van der Waals surface area contributed by atoms with Crippen LogP contribution in [0.15, 0.2) is 60.7 Å². The highest BCUT2D eigenvalue weighted by atomic mass is 32.2. The van der Waals surface area contributed by atoms with E-state index >= 15 is 0 Å². The number of alkyl carbamates (subject to hydrolysis) is 1. The van der Waals surface area contributed by atoms with E-state index in [4.69, 9.17) is 9.47 Å². The van der Waals surface area contributed by atoms with Crippen molar-refractivity contribution in [2.24, 2.45) is 5.92 Å². The van der Waals surface area contributed by atoms with E-state index < -0.39 is 53.9 Å². The number of benzene rings is 2. The molecule has 0 aliphatic carbocycles. The van der Waals surface area contributed by atoms with Gasteiger partial charge in [-0.05, 0) is 30.9 Å². The van der Waals surface area contributed by atoms with Crippen LogP contribution in [0, 0.1) is 5.92 Å². The monoisotopic (exact) mass is 583 g/mol. The summed E-state index contributed by atoms with van der Waals surface area (Å²) in [4.78, 5) is 66.4. The third kappa shape index (κ3) is 9.34. The number of esters is 1. The van der Waals surface area contributed by atoms with E-state index in [9.17, 15) is 24.0 Å². The first-order valence-electron chi connectivity index (χ1n) is 13.5. The van der Waals surface area contributed by atoms with E-state index in [2.05, 4.69) is 10.6 Å². The average Bonchev–Trinajstić information content (AvgIpc) is 3.44. The lowest BCUT2D eigenvalue weighted by Crippen LogP contribution is -2.57. The number of nitrogens with zero attached hydrogens (tertiary/aromatic N) is 1. The Labute approximate surface area is 244 Å². The van der Waals surface area contributed by atoms with E-state index in [0.29, 0.717) is 5.75 Å².